The molecule has 0 aliphatic carbocycles. The van der Waals surface area contributed by atoms with Crippen molar-refractivity contribution < 1.29 is 4.74 Å². The van der Waals surface area contributed by atoms with Gasteiger partial charge >= 0.3 is 0 Å². The van der Waals surface area contributed by atoms with Crippen molar-refractivity contribution in [3.05, 3.63) is 120 Å². The summed E-state index contributed by atoms with van der Waals surface area (Å²) in [6.07, 6.45) is 1.90. The monoisotopic (exact) mass is 478 g/mol. The molecule has 0 saturated heterocycles. The fraction of sp³-hybridized carbons (Fsp3) is 0.0882. The van der Waals surface area contributed by atoms with Crippen LogP contribution in [-0.2, 0) is 0 Å². The predicted molar refractivity (Wildman–Crippen MR) is 154 cm³/mol. The van der Waals surface area contributed by atoms with Gasteiger partial charge < -0.3 is 9.64 Å². The maximum Gasteiger partial charge on any atom is 0.151 e. The standard InChI is InChI=1S/C34H26N2O/c1-21-7-13-32-30(17-21)36(31-18-22(2)8-14-33(31)37-32)27-12-11-24-19-26(10-9-25(24)20-27)29-6-4-5-28-23(3)15-16-35-34(28)29/h4-20H,1-3H3. The number of benzene rings is 5. The van der Waals surface area contributed by atoms with E-state index in [-0.39, 0.29) is 0 Å². The van der Waals surface area contributed by atoms with E-state index in [1.165, 1.54) is 38.4 Å². The van der Waals surface area contributed by atoms with E-state index in [2.05, 4.69) is 123 Å². The summed E-state index contributed by atoms with van der Waals surface area (Å²) in [6.45, 7) is 6.38. The first kappa shape index (κ1) is 21.6. The molecule has 6 aromatic rings. The molecule has 7 rings (SSSR count). The zero-order valence-corrected chi connectivity index (χ0v) is 21.1. The van der Waals surface area contributed by atoms with Crippen molar-refractivity contribution in [1.29, 1.82) is 0 Å². The topological polar surface area (TPSA) is 25.4 Å². The summed E-state index contributed by atoms with van der Waals surface area (Å²) in [5, 5.41) is 3.60. The third-order valence-corrected chi connectivity index (χ3v) is 7.31. The van der Waals surface area contributed by atoms with Gasteiger partial charge in [0.1, 0.15) is 0 Å². The van der Waals surface area contributed by atoms with E-state index < -0.39 is 0 Å². The van der Waals surface area contributed by atoms with Gasteiger partial charge in [0.15, 0.2) is 11.5 Å². The van der Waals surface area contributed by atoms with Crippen molar-refractivity contribution in [3.63, 3.8) is 0 Å². The maximum absolute atomic E-state index is 6.29. The molecule has 2 heterocycles. The van der Waals surface area contributed by atoms with Crippen molar-refractivity contribution in [2.45, 2.75) is 20.8 Å². The molecule has 3 heteroatoms. The number of ether oxygens (including phenoxy) is 1. The van der Waals surface area contributed by atoms with E-state index in [0.717, 1.165) is 39.6 Å². The summed E-state index contributed by atoms with van der Waals surface area (Å²) in [7, 11) is 0. The highest BCUT2D eigenvalue weighted by molar-refractivity contribution is 5.99. The Morgan fingerprint density at radius 1 is 0.649 bits per heavy atom. The van der Waals surface area contributed by atoms with Crippen LogP contribution in [0.2, 0.25) is 0 Å². The number of aryl methyl sites for hydroxylation is 3. The van der Waals surface area contributed by atoms with E-state index in [9.17, 15) is 0 Å². The normalized spacial score (nSPS) is 12.4. The van der Waals surface area contributed by atoms with E-state index in [0.29, 0.717) is 0 Å². The summed E-state index contributed by atoms with van der Waals surface area (Å²) in [4.78, 5) is 7.03. The van der Waals surface area contributed by atoms with Crippen LogP contribution in [0, 0.1) is 20.8 Å². The number of hydrogen-bond acceptors (Lipinski definition) is 3. The third-order valence-electron chi connectivity index (χ3n) is 7.31. The Kier molecular flexibility index (Phi) is 4.80. The van der Waals surface area contributed by atoms with Crippen molar-refractivity contribution in [2.24, 2.45) is 0 Å². The number of fused-ring (bicyclic) bond motifs is 4. The van der Waals surface area contributed by atoms with Gasteiger partial charge in [-0.25, -0.2) is 0 Å². The lowest BCUT2D eigenvalue weighted by Crippen LogP contribution is -2.16. The zero-order chi connectivity index (χ0) is 25.1. The average molecular weight is 479 g/mol. The van der Waals surface area contributed by atoms with Crippen LogP contribution in [-0.4, -0.2) is 4.98 Å². The molecule has 1 aliphatic heterocycles. The van der Waals surface area contributed by atoms with Gasteiger partial charge in [0, 0.05) is 22.8 Å². The summed E-state index contributed by atoms with van der Waals surface area (Å²) in [5.41, 5.74) is 10.3. The Hall–Kier alpha value is -4.63. The largest absolute Gasteiger partial charge is 0.453 e. The summed E-state index contributed by atoms with van der Waals surface area (Å²) >= 11 is 0. The van der Waals surface area contributed by atoms with Gasteiger partial charge in [0.25, 0.3) is 0 Å². The highest BCUT2D eigenvalue weighted by Gasteiger charge is 2.26. The molecule has 1 aliphatic rings. The van der Waals surface area contributed by atoms with E-state index in [1.807, 2.05) is 6.20 Å². The highest BCUT2D eigenvalue weighted by Crippen LogP contribution is 2.51. The van der Waals surface area contributed by atoms with E-state index >= 15 is 0 Å². The minimum atomic E-state index is 0.871. The molecule has 0 radical (unpaired) electrons. The molecule has 0 N–H and O–H groups in total. The van der Waals surface area contributed by atoms with Gasteiger partial charge in [-0.15, -0.1) is 0 Å². The predicted octanol–water partition coefficient (Wildman–Crippen LogP) is 9.56. The molecule has 3 nitrogen and oxygen atoms in total. The van der Waals surface area contributed by atoms with Crippen molar-refractivity contribution in [1.82, 2.24) is 4.98 Å². The molecule has 0 atom stereocenters. The molecule has 0 saturated carbocycles. The first-order chi connectivity index (χ1) is 18.0. The van der Waals surface area contributed by atoms with E-state index in [1.54, 1.807) is 0 Å². The fourth-order valence-corrected chi connectivity index (χ4v) is 5.39. The van der Waals surface area contributed by atoms with Crippen molar-refractivity contribution in [2.75, 3.05) is 4.90 Å². The summed E-state index contributed by atoms with van der Waals surface area (Å²) in [6, 6.07) is 34.6. The molecule has 0 bridgehead atoms. The minimum Gasteiger partial charge on any atom is -0.453 e. The van der Waals surface area contributed by atoms with Gasteiger partial charge in [-0.3, -0.25) is 4.98 Å². The first-order valence-electron chi connectivity index (χ1n) is 12.6. The second-order valence-electron chi connectivity index (χ2n) is 9.96. The number of rotatable bonds is 2. The van der Waals surface area contributed by atoms with Gasteiger partial charge in [-0.2, -0.15) is 0 Å². The molecule has 178 valence electrons. The molecule has 37 heavy (non-hydrogen) atoms. The third kappa shape index (κ3) is 3.54. The van der Waals surface area contributed by atoms with Crippen LogP contribution in [0.15, 0.2) is 103 Å². The van der Waals surface area contributed by atoms with Crippen LogP contribution < -0.4 is 9.64 Å². The van der Waals surface area contributed by atoms with Crippen LogP contribution in [0.1, 0.15) is 16.7 Å². The number of hydrogen-bond donors (Lipinski definition) is 0. The van der Waals surface area contributed by atoms with Gasteiger partial charge in [-0.1, -0.05) is 48.5 Å². The minimum absolute atomic E-state index is 0.871. The first-order valence-corrected chi connectivity index (χ1v) is 12.6. The number of para-hydroxylation sites is 1. The molecule has 5 aromatic carbocycles. The second kappa shape index (κ2) is 8.21. The van der Waals surface area contributed by atoms with Gasteiger partial charge in [-0.05, 0) is 102 Å². The van der Waals surface area contributed by atoms with Gasteiger partial charge in [0.2, 0.25) is 0 Å². The lowest BCUT2D eigenvalue weighted by atomic mass is 9.97. The Bertz CT molecular complexity index is 1800. The number of anilines is 3. The smallest absolute Gasteiger partial charge is 0.151 e. The molecule has 0 spiro atoms. The Balaban J connectivity index is 1.37. The maximum atomic E-state index is 6.29. The molecule has 0 fully saturated rings. The Labute approximate surface area is 216 Å². The van der Waals surface area contributed by atoms with Gasteiger partial charge in [0.05, 0.1) is 16.9 Å². The number of aromatic nitrogens is 1. The molecule has 0 unspecified atom stereocenters. The van der Waals surface area contributed by atoms with E-state index in [4.69, 9.17) is 9.72 Å². The number of pyridine rings is 1. The Morgan fingerprint density at radius 2 is 1.35 bits per heavy atom. The van der Waals surface area contributed by atoms with Crippen LogP contribution in [0.5, 0.6) is 11.5 Å². The molecule has 1 aromatic heterocycles. The van der Waals surface area contributed by atoms with Crippen LogP contribution in [0.3, 0.4) is 0 Å². The molecular formula is C34H26N2O. The fourth-order valence-electron chi connectivity index (χ4n) is 5.39. The van der Waals surface area contributed by atoms with Crippen LogP contribution in [0.4, 0.5) is 17.1 Å². The summed E-state index contributed by atoms with van der Waals surface area (Å²) < 4.78 is 6.29. The lowest BCUT2D eigenvalue weighted by Gasteiger charge is -2.33. The van der Waals surface area contributed by atoms with Crippen LogP contribution in [0.25, 0.3) is 32.8 Å². The second-order valence-corrected chi connectivity index (χ2v) is 9.96. The van der Waals surface area contributed by atoms with Crippen molar-refractivity contribution in [3.8, 4) is 22.6 Å². The molecule has 0 amide bonds. The molecular weight excluding hydrogens is 452 g/mol. The average Bonchev–Trinajstić information content (AvgIpc) is 2.91. The number of nitrogens with zero attached hydrogens (tertiary/aromatic N) is 2. The lowest BCUT2D eigenvalue weighted by molar-refractivity contribution is 0.476. The highest BCUT2D eigenvalue weighted by atomic mass is 16.5. The van der Waals surface area contributed by atoms with Crippen molar-refractivity contribution >= 4 is 38.7 Å². The Morgan fingerprint density at radius 3 is 2.11 bits per heavy atom. The quantitative estimate of drug-likeness (QED) is 0.247. The SMILES string of the molecule is Cc1ccc2c(c1)N(c1ccc3cc(-c4cccc5c(C)ccnc45)ccc3c1)c1cc(C)ccc1O2. The summed E-state index contributed by atoms with van der Waals surface area (Å²) in [5.74, 6) is 1.74. The van der Waals surface area contributed by atoms with Crippen LogP contribution >= 0.6 is 0 Å². The zero-order valence-electron chi connectivity index (χ0n) is 21.1.